The van der Waals surface area contributed by atoms with Crippen LogP contribution in [0.5, 0.6) is 0 Å². The average molecular weight is 161 g/mol. The second-order valence-corrected chi connectivity index (χ2v) is 1.74. The molecule has 0 saturated carbocycles. The third-order valence-electron chi connectivity index (χ3n) is 1.12. The summed E-state index contributed by atoms with van der Waals surface area (Å²) in [5.74, 6) is 0. The normalized spacial score (nSPS) is 8.50. The van der Waals surface area contributed by atoms with Gasteiger partial charge in [-0.2, -0.15) is 0 Å². The predicted octanol–water partition coefficient (Wildman–Crippen LogP) is 0.255. The Bertz CT molecular complexity index is 246. The molecule has 1 aromatic heterocycles. The number of nitrogens with one attached hydrogen (secondary N) is 1. The SMILES string of the molecule is Cl.NCc1c[nH]ccc1=O. The van der Waals surface area contributed by atoms with Crippen LogP contribution in [0, 0.1) is 0 Å². The van der Waals surface area contributed by atoms with Gasteiger partial charge in [0.2, 0.25) is 0 Å². The van der Waals surface area contributed by atoms with Gasteiger partial charge in [0.05, 0.1) is 0 Å². The van der Waals surface area contributed by atoms with E-state index in [2.05, 4.69) is 4.98 Å². The standard InChI is InChI=1S/C6H8N2O.ClH/c7-3-5-4-8-2-1-6(5)9;/h1-2,4H,3,7H2,(H,8,9);1H. The molecule has 0 aliphatic carbocycles. The van der Waals surface area contributed by atoms with Crippen LogP contribution in [0.25, 0.3) is 0 Å². The molecule has 56 valence electrons. The molecular weight excluding hydrogens is 152 g/mol. The summed E-state index contributed by atoms with van der Waals surface area (Å²) in [4.78, 5) is 13.5. The first-order valence-corrected chi connectivity index (χ1v) is 2.70. The number of aromatic nitrogens is 1. The van der Waals surface area contributed by atoms with Gasteiger partial charge in [-0.25, -0.2) is 0 Å². The molecular formula is C6H9ClN2O. The number of hydrogen-bond donors (Lipinski definition) is 2. The van der Waals surface area contributed by atoms with Crippen molar-refractivity contribution < 1.29 is 0 Å². The largest absolute Gasteiger partial charge is 0.367 e. The van der Waals surface area contributed by atoms with Crippen LogP contribution in [0.15, 0.2) is 23.3 Å². The molecule has 1 heterocycles. The Kier molecular flexibility index (Phi) is 3.76. The molecule has 4 heteroatoms. The highest BCUT2D eigenvalue weighted by atomic mass is 35.5. The molecule has 0 unspecified atom stereocenters. The zero-order valence-electron chi connectivity index (χ0n) is 5.33. The van der Waals surface area contributed by atoms with Gasteiger partial charge in [0.1, 0.15) is 0 Å². The molecule has 3 nitrogen and oxygen atoms in total. The lowest BCUT2D eigenvalue weighted by atomic mass is 10.3. The minimum absolute atomic E-state index is 0. The van der Waals surface area contributed by atoms with Crippen LogP contribution in [0.1, 0.15) is 5.56 Å². The van der Waals surface area contributed by atoms with E-state index in [1.165, 1.54) is 6.07 Å². The van der Waals surface area contributed by atoms with Gasteiger partial charge in [-0.3, -0.25) is 4.79 Å². The van der Waals surface area contributed by atoms with Crippen molar-refractivity contribution in [2.45, 2.75) is 6.54 Å². The molecule has 0 fully saturated rings. The summed E-state index contributed by atoms with van der Waals surface area (Å²) >= 11 is 0. The fourth-order valence-corrected chi connectivity index (χ4v) is 0.610. The monoisotopic (exact) mass is 160 g/mol. The number of halogens is 1. The molecule has 0 aliphatic heterocycles. The van der Waals surface area contributed by atoms with E-state index in [1.807, 2.05) is 0 Å². The van der Waals surface area contributed by atoms with Crippen LogP contribution < -0.4 is 11.2 Å². The van der Waals surface area contributed by atoms with Crippen molar-refractivity contribution in [1.29, 1.82) is 0 Å². The smallest absolute Gasteiger partial charge is 0.186 e. The second kappa shape index (κ2) is 4.09. The van der Waals surface area contributed by atoms with Crippen molar-refractivity contribution in [2.24, 2.45) is 5.73 Å². The molecule has 1 rings (SSSR count). The van der Waals surface area contributed by atoms with Crippen molar-refractivity contribution in [3.63, 3.8) is 0 Å². The summed E-state index contributed by atoms with van der Waals surface area (Å²) in [5.41, 5.74) is 5.85. The van der Waals surface area contributed by atoms with Crippen LogP contribution in [0.4, 0.5) is 0 Å². The van der Waals surface area contributed by atoms with Crippen molar-refractivity contribution >= 4 is 12.4 Å². The number of H-pyrrole nitrogens is 1. The summed E-state index contributed by atoms with van der Waals surface area (Å²) in [6.45, 7) is 0.302. The third-order valence-corrected chi connectivity index (χ3v) is 1.12. The fraction of sp³-hybridized carbons (Fsp3) is 0.167. The minimum Gasteiger partial charge on any atom is -0.367 e. The Morgan fingerprint density at radius 1 is 1.60 bits per heavy atom. The summed E-state index contributed by atoms with van der Waals surface area (Å²) in [5, 5.41) is 0. The quantitative estimate of drug-likeness (QED) is 0.619. The Morgan fingerprint density at radius 3 is 2.70 bits per heavy atom. The number of nitrogens with two attached hydrogens (primary N) is 1. The third kappa shape index (κ3) is 1.86. The van der Waals surface area contributed by atoms with Crippen molar-refractivity contribution in [2.75, 3.05) is 0 Å². The second-order valence-electron chi connectivity index (χ2n) is 1.74. The van der Waals surface area contributed by atoms with E-state index < -0.39 is 0 Å². The minimum atomic E-state index is -0.00347. The van der Waals surface area contributed by atoms with Crippen molar-refractivity contribution in [3.05, 3.63) is 34.2 Å². The van der Waals surface area contributed by atoms with Gasteiger partial charge in [0.25, 0.3) is 0 Å². The molecule has 0 radical (unpaired) electrons. The molecule has 0 amide bonds. The van der Waals surface area contributed by atoms with E-state index in [1.54, 1.807) is 12.4 Å². The lowest BCUT2D eigenvalue weighted by Crippen LogP contribution is -2.11. The summed E-state index contributed by atoms with van der Waals surface area (Å²) in [6, 6.07) is 1.46. The highest BCUT2D eigenvalue weighted by Crippen LogP contribution is 1.82. The lowest BCUT2D eigenvalue weighted by Gasteiger charge is -1.89. The number of pyridine rings is 1. The number of hydrogen-bond acceptors (Lipinski definition) is 2. The molecule has 0 atom stereocenters. The topological polar surface area (TPSA) is 58.9 Å². The number of aromatic amines is 1. The maximum absolute atomic E-state index is 10.8. The predicted molar refractivity (Wildman–Crippen MR) is 42.2 cm³/mol. The highest BCUT2D eigenvalue weighted by Gasteiger charge is 1.90. The van der Waals surface area contributed by atoms with Gasteiger partial charge in [0, 0.05) is 30.6 Å². The summed E-state index contributed by atoms with van der Waals surface area (Å²) < 4.78 is 0. The van der Waals surface area contributed by atoms with Gasteiger partial charge in [-0.1, -0.05) is 0 Å². The fourth-order valence-electron chi connectivity index (χ4n) is 0.610. The van der Waals surface area contributed by atoms with Gasteiger partial charge in [-0.15, -0.1) is 12.4 Å². The highest BCUT2D eigenvalue weighted by molar-refractivity contribution is 5.85. The summed E-state index contributed by atoms with van der Waals surface area (Å²) in [7, 11) is 0. The maximum atomic E-state index is 10.8. The van der Waals surface area contributed by atoms with Gasteiger partial charge < -0.3 is 10.7 Å². The van der Waals surface area contributed by atoms with E-state index in [0.717, 1.165) is 0 Å². The summed E-state index contributed by atoms with van der Waals surface area (Å²) in [6.07, 6.45) is 3.20. The van der Waals surface area contributed by atoms with E-state index in [9.17, 15) is 4.79 Å². The molecule has 0 aromatic carbocycles. The van der Waals surface area contributed by atoms with E-state index >= 15 is 0 Å². The lowest BCUT2D eigenvalue weighted by molar-refractivity contribution is 1.03. The first-order chi connectivity index (χ1) is 4.34. The van der Waals surface area contributed by atoms with Crippen molar-refractivity contribution in [3.8, 4) is 0 Å². The van der Waals surface area contributed by atoms with Crippen LogP contribution in [-0.4, -0.2) is 4.98 Å². The Morgan fingerprint density at radius 2 is 2.30 bits per heavy atom. The molecule has 0 spiro atoms. The van der Waals surface area contributed by atoms with Crippen LogP contribution in [-0.2, 0) is 6.54 Å². The first kappa shape index (κ1) is 9.20. The molecule has 1 aromatic rings. The maximum Gasteiger partial charge on any atom is 0.186 e. The average Bonchev–Trinajstić information content (AvgIpc) is 1.89. The Hall–Kier alpha value is -0.800. The van der Waals surface area contributed by atoms with Gasteiger partial charge in [-0.05, 0) is 0 Å². The van der Waals surface area contributed by atoms with Gasteiger partial charge >= 0.3 is 0 Å². The van der Waals surface area contributed by atoms with Crippen molar-refractivity contribution in [1.82, 2.24) is 4.98 Å². The Labute approximate surface area is 64.7 Å². The zero-order chi connectivity index (χ0) is 6.69. The zero-order valence-corrected chi connectivity index (χ0v) is 6.15. The first-order valence-electron chi connectivity index (χ1n) is 2.70. The molecule has 0 saturated heterocycles. The van der Waals surface area contributed by atoms with E-state index in [-0.39, 0.29) is 17.8 Å². The van der Waals surface area contributed by atoms with Crippen LogP contribution in [0.2, 0.25) is 0 Å². The van der Waals surface area contributed by atoms with Crippen LogP contribution >= 0.6 is 12.4 Å². The van der Waals surface area contributed by atoms with E-state index in [0.29, 0.717) is 12.1 Å². The Balaban J connectivity index is 0.000000810. The van der Waals surface area contributed by atoms with E-state index in [4.69, 9.17) is 5.73 Å². The molecule has 10 heavy (non-hydrogen) atoms. The molecule has 3 N–H and O–H groups in total. The van der Waals surface area contributed by atoms with Gasteiger partial charge in [0.15, 0.2) is 5.43 Å². The molecule has 0 aliphatic rings. The number of rotatable bonds is 1. The van der Waals surface area contributed by atoms with Crippen LogP contribution in [0.3, 0.4) is 0 Å². The molecule has 0 bridgehead atoms.